The Hall–Kier alpha value is -2.18. The zero-order valence-electron chi connectivity index (χ0n) is 15.1. The third-order valence-corrected chi connectivity index (χ3v) is 5.03. The minimum Gasteiger partial charge on any atom is -0.384 e. The van der Waals surface area contributed by atoms with Gasteiger partial charge in [0.15, 0.2) is 0 Å². The molecule has 2 heterocycles. The van der Waals surface area contributed by atoms with Crippen LogP contribution in [0.3, 0.4) is 0 Å². The van der Waals surface area contributed by atoms with Crippen molar-refractivity contribution >= 4 is 11.6 Å². The van der Waals surface area contributed by atoms with Gasteiger partial charge in [-0.05, 0) is 57.5 Å². The van der Waals surface area contributed by atoms with Gasteiger partial charge >= 0.3 is 0 Å². The number of anilines is 1. The molecular weight excluding hydrogens is 316 g/mol. The second-order valence-electron chi connectivity index (χ2n) is 6.78. The average molecular weight is 342 g/mol. The molecule has 1 aromatic carbocycles. The van der Waals surface area contributed by atoms with Crippen LogP contribution in [0, 0.1) is 19.3 Å². The molecule has 1 unspecified atom stereocenters. The Morgan fingerprint density at radius 2 is 2.12 bits per heavy atom. The van der Waals surface area contributed by atoms with Gasteiger partial charge in [-0.25, -0.2) is 4.98 Å². The molecule has 1 atom stereocenters. The standard InChI is InChI=1S/C19H26N4O2/c1-14-15(2)23(13-21-14)17-7-5-16(6-8-17)22-18(24)19(12-25-3)9-4-10-20-11-19/h5-8,13,20H,4,9-12H2,1-3H3,(H,22,24). The lowest BCUT2D eigenvalue weighted by molar-refractivity contribution is -0.129. The largest absolute Gasteiger partial charge is 0.384 e. The minimum atomic E-state index is -0.496. The summed E-state index contributed by atoms with van der Waals surface area (Å²) < 4.78 is 7.36. The number of hydrogen-bond donors (Lipinski definition) is 2. The van der Waals surface area contributed by atoms with Crippen LogP contribution in [0.2, 0.25) is 0 Å². The molecule has 1 amide bonds. The fourth-order valence-electron chi connectivity index (χ4n) is 3.35. The average Bonchev–Trinajstić information content (AvgIpc) is 2.96. The smallest absolute Gasteiger partial charge is 0.234 e. The van der Waals surface area contributed by atoms with E-state index in [2.05, 4.69) is 15.6 Å². The number of carbonyl (C=O) groups is 1. The highest BCUT2D eigenvalue weighted by Crippen LogP contribution is 2.29. The lowest BCUT2D eigenvalue weighted by Gasteiger charge is -2.35. The van der Waals surface area contributed by atoms with Crippen molar-refractivity contribution in [2.75, 3.05) is 32.1 Å². The van der Waals surface area contributed by atoms with Crippen LogP contribution in [0.5, 0.6) is 0 Å². The molecule has 6 heteroatoms. The van der Waals surface area contributed by atoms with E-state index in [0.29, 0.717) is 13.2 Å². The first-order valence-electron chi connectivity index (χ1n) is 8.68. The molecule has 1 fully saturated rings. The Morgan fingerprint density at radius 3 is 2.68 bits per heavy atom. The van der Waals surface area contributed by atoms with E-state index < -0.39 is 5.41 Å². The monoisotopic (exact) mass is 342 g/mol. The predicted octanol–water partition coefficient (Wildman–Crippen LogP) is 2.44. The molecule has 0 aliphatic carbocycles. The predicted molar refractivity (Wildman–Crippen MR) is 98.1 cm³/mol. The summed E-state index contributed by atoms with van der Waals surface area (Å²) in [6.45, 7) is 6.07. The highest BCUT2D eigenvalue weighted by Gasteiger charge is 2.39. The molecule has 25 heavy (non-hydrogen) atoms. The molecule has 2 N–H and O–H groups in total. The van der Waals surface area contributed by atoms with E-state index in [9.17, 15) is 4.79 Å². The molecule has 134 valence electrons. The molecule has 0 bridgehead atoms. The number of nitrogens with one attached hydrogen (secondary N) is 2. The number of imidazole rings is 1. The van der Waals surface area contributed by atoms with Crippen LogP contribution in [0.1, 0.15) is 24.2 Å². The quantitative estimate of drug-likeness (QED) is 0.876. The van der Waals surface area contributed by atoms with Gasteiger partial charge < -0.3 is 19.9 Å². The molecule has 1 aromatic heterocycles. The summed E-state index contributed by atoms with van der Waals surface area (Å²) in [7, 11) is 1.65. The Kier molecular flexibility index (Phi) is 5.20. The fraction of sp³-hybridized carbons (Fsp3) is 0.474. The fourth-order valence-corrected chi connectivity index (χ4v) is 3.35. The van der Waals surface area contributed by atoms with E-state index in [1.54, 1.807) is 7.11 Å². The third-order valence-electron chi connectivity index (χ3n) is 5.03. The SMILES string of the molecule is COCC1(C(=O)Nc2ccc(-n3cnc(C)c3C)cc2)CCCNC1. The number of nitrogens with zero attached hydrogens (tertiary/aromatic N) is 2. The molecule has 0 saturated carbocycles. The van der Waals surface area contributed by atoms with Crippen LogP contribution in [0.15, 0.2) is 30.6 Å². The molecule has 0 radical (unpaired) electrons. The van der Waals surface area contributed by atoms with Crippen LogP contribution in [-0.2, 0) is 9.53 Å². The van der Waals surface area contributed by atoms with Crippen LogP contribution < -0.4 is 10.6 Å². The summed E-state index contributed by atoms with van der Waals surface area (Å²) in [5.74, 6) is 0.0176. The number of ether oxygens (including phenoxy) is 1. The van der Waals surface area contributed by atoms with Crippen LogP contribution in [-0.4, -0.2) is 42.3 Å². The number of aromatic nitrogens is 2. The maximum absolute atomic E-state index is 12.8. The van der Waals surface area contributed by atoms with Gasteiger partial charge in [0.2, 0.25) is 5.91 Å². The van der Waals surface area contributed by atoms with E-state index in [4.69, 9.17) is 4.74 Å². The number of aryl methyl sites for hydroxylation is 1. The van der Waals surface area contributed by atoms with E-state index in [-0.39, 0.29) is 5.91 Å². The molecule has 6 nitrogen and oxygen atoms in total. The molecule has 1 aliphatic rings. The van der Waals surface area contributed by atoms with Crippen molar-refractivity contribution in [1.29, 1.82) is 0 Å². The van der Waals surface area contributed by atoms with Crippen LogP contribution in [0.4, 0.5) is 5.69 Å². The van der Waals surface area contributed by atoms with Crippen LogP contribution in [0.25, 0.3) is 5.69 Å². The molecule has 2 aromatic rings. The van der Waals surface area contributed by atoms with Crippen molar-refractivity contribution in [3.63, 3.8) is 0 Å². The van der Waals surface area contributed by atoms with E-state index in [1.165, 1.54) is 0 Å². The number of piperidine rings is 1. The number of carbonyl (C=O) groups excluding carboxylic acids is 1. The molecule has 1 aliphatic heterocycles. The first kappa shape index (κ1) is 17.6. The minimum absolute atomic E-state index is 0.0176. The molecule has 0 spiro atoms. The van der Waals surface area contributed by atoms with Gasteiger partial charge in [-0.2, -0.15) is 0 Å². The molecular formula is C19H26N4O2. The number of rotatable bonds is 5. The Labute approximate surface area is 148 Å². The van der Waals surface area contributed by atoms with Gasteiger partial charge in [0.05, 0.1) is 24.0 Å². The molecule has 1 saturated heterocycles. The van der Waals surface area contributed by atoms with Crippen molar-refractivity contribution in [3.8, 4) is 5.69 Å². The summed E-state index contributed by atoms with van der Waals surface area (Å²) in [6.07, 6.45) is 3.64. The van der Waals surface area contributed by atoms with E-state index >= 15 is 0 Å². The number of hydrogen-bond acceptors (Lipinski definition) is 4. The summed E-state index contributed by atoms with van der Waals surface area (Å²) in [5, 5.41) is 6.37. The zero-order chi connectivity index (χ0) is 17.9. The Bertz CT molecular complexity index is 725. The number of benzene rings is 1. The topological polar surface area (TPSA) is 68.2 Å². The molecule has 3 rings (SSSR count). The van der Waals surface area contributed by atoms with Crippen molar-refractivity contribution < 1.29 is 9.53 Å². The van der Waals surface area contributed by atoms with Crippen molar-refractivity contribution in [2.45, 2.75) is 26.7 Å². The van der Waals surface area contributed by atoms with Gasteiger partial charge in [0.25, 0.3) is 0 Å². The van der Waals surface area contributed by atoms with Crippen molar-refractivity contribution in [2.24, 2.45) is 5.41 Å². The lowest BCUT2D eigenvalue weighted by atomic mass is 9.80. The van der Waals surface area contributed by atoms with Gasteiger partial charge in [-0.15, -0.1) is 0 Å². The van der Waals surface area contributed by atoms with Crippen LogP contribution >= 0.6 is 0 Å². The summed E-state index contributed by atoms with van der Waals surface area (Å²) in [6, 6.07) is 7.84. The normalized spacial score (nSPS) is 20.4. The first-order valence-corrected chi connectivity index (χ1v) is 8.68. The Balaban J connectivity index is 1.74. The second-order valence-corrected chi connectivity index (χ2v) is 6.78. The maximum atomic E-state index is 12.8. The Morgan fingerprint density at radius 1 is 1.36 bits per heavy atom. The highest BCUT2D eigenvalue weighted by atomic mass is 16.5. The van der Waals surface area contributed by atoms with E-state index in [1.807, 2.05) is 49.0 Å². The van der Waals surface area contributed by atoms with Gasteiger partial charge in [0.1, 0.15) is 0 Å². The van der Waals surface area contributed by atoms with E-state index in [0.717, 1.165) is 42.1 Å². The maximum Gasteiger partial charge on any atom is 0.234 e. The van der Waals surface area contributed by atoms with Gasteiger partial charge in [0, 0.05) is 30.7 Å². The third kappa shape index (κ3) is 3.60. The zero-order valence-corrected chi connectivity index (χ0v) is 15.1. The van der Waals surface area contributed by atoms with Gasteiger partial charge in [-0.3, -0.25) is 4.79 Å². The summed E-state index contributed by atoms with van der Waals surface area (Å²) >= 11 is 0. The number of amides is 1. The first-order chi connectivity index (χ1) is 12.1. The number of methoxy groups -OCH3 is 1. The van der Waals surface area contributed by atoms with Gasteiger partial charge in [-0.1, -0.05) is 0 Å². The lowest BCUT2D eigenvalue weighted by Crippen LogP contribution is -2.50. The highest BCUT2D eigenvalue weighted by molar-refractivity contribution is 5.95. The van der Waals surface area contributed by atoms with Crippen molar-refractivity contribution in [1.82, 2.24) is 14.9 Å². The summed E-state index contributed by atoms with van der Waals surface area (Å²) in [4.78, 5) is 17.2. The van der Waals surface area contributed by atoms with Crippen molar-refractivity contribution in [3.05, 3.63) is 42.0 Å². The summed E-state index contributed by atoms with van der Waals surface area (Å²) in [5.41, 5.74) is 3.46. The second kappa shape index (κ2) is 7.37.